The minimum absolute atomic E-state index is 0.169. The monoisotopic (exact) mass is 234 g/mol. The van der Waals surface area contributed by atoms with E-state index in [0.29, 0.717) is 12.0 Å². The molecule has 0 N–H and O–H groups in total. The van der Waals surface area contributed by atoms with E-state index in [-0.39, 0.29) is 21.9 Å². The van der Waals surface area contributed by atoms with E-state index in [1.54, 1.807) is 6.08 Å². The van der Waals surface area contributed by atoms with E-state index >= 15 is 0 Å². The molecule has 0 radical (unpaired) electrons. The van der Waals surface area contributed by atoms with Crippen LogP contribution in [0.25, 0.3) is 0 Å². The highest BCUT2D eigenvalue weighted by molar-refractivity contribution is 8.22. The molecule has 0 bridgehead atoms. The van der Waals surface area contributed by atoms with Crippen LogP contribution in [0.2, 0.25) is 0 Å². The quantitative estimate of drug-likeness (QED) is 0.596. The molecule has 1 saturated heterocycles. The second-order valence-electron chi connectivity index (χ2n) is 3.78. The molecule has 4 heteroatoms. The number of ether oxygens (including phenoxy) is 1. The van der Waals surface area contributed by atoms with Gasteiger partial charge in [-0.05, 0) is 24.3 Å². The summed E-state index contributed by atoms with van der Waals surface area (Å²) in [5.41, 5.74) is 0. The van der Waals surface area contributed by atoms with E-state index in [9.17, 15) is 4.79 Å². The van der Waals surface area contributed by atoms with Crippen LogP contribution in [0, 0.1) is 0 Å². The number of thiol groups is 1. The van der Waals surface area contributed by atoms with Gasteiger partial charge < -0.3 is 4.74 Å². The van der Waals surface area contributed by atoms with Crippen molar-refractivity contribution in [2.75, 3.05) is 18.2 Å². The van der Waals surface area contributed by atoms with Crippen molar-refractivity contribution in [1.82, 2.24) is 0 Å². The summed E-state index contributed by atoms with van der Waals surface area (Å²) in [4.78, 5) is 12.6. The maximum Gasteiger partial charge on any atom is 0.167 e. The Bertz CT molecular complexity index is 273. The SMILES string of the molecule is CC1C(=O)C=C(CCl)[SH]1CC1CCO1. The van der Waals surface area contributed by atoms with Gasteiger partial charge in [0.15, 0.2) is 5.78 Å². The summed E-state index contributed by atoms with van der Waals surface area (Å²) in [6.07, 6.45) is 3.29. The number of carbonyl (C=O) groups is 1. The summed E-state index contributed by atoms with van der Waals surface area (Å²) in [7, 11) is -0.349. The number of alkyl halides is 1. The first kappa shape index (κ1) is 10.5. The number of halogens is 1. The normalized spacial score (nSPS) is 39.4. The first-order valence-corrected chi connectivity index (χ1v) is 7.04. The zero-order chi connectivity index (χ0) is 10.1. The molecule has 2 heterocycles. The van der Waals surface area contributed by atoms with Gasteiger partial charge >= 0.3 is 0 Å². The second-order valence-corrected chi connectivity index (χ2v) is 6.70. The Hall–Kier alpha value is 0.01000. The molecule has 0 aromatic rings. The first-order chi connectivity index (χ1) is 6.72. The zero-order valence-corrected chi connectivity index (χ0v) is 9.85. The summed E-state index contributed by atoms with van der Waals surface area (Å²) in [6.45, 7) is 2.90. The van der Waals surface area contributed by atoms with Crippen LogP contribution in [0.5, 0.6) is 0 Å². The van der Waals surface area contributed by atoms with Crippen molar-refractivity contribution < 1.29 is 9.53 Å². The van der Waals surface area contributed by atoms with Crippen molar-refractivity contribution in [2.24, 2.45) is 0 Å². The van der Waals surface area contributed by atoms with E-state index in [4.69, 9.17) is 16.3 Å². The summed E-state index contributed by atoms with van der Waals surface area (Å²) in [6, 6.07) is 0. The zero-order valence-electron chi connectivity index (χ0n) is 8.20. The van der Waals surface area contributed by atoms with Crippen molar-refractivity contribution in [3.05, 3.63) is 11.0 Å². The number of ketones is 1. The highest BCUT2D eigenvalue weighted by Crippen LogP contribution is 2.47. The fraction of sp³-hybridized carbons (Fsp3) is 0.700. The van der Waals surface area contributed by atoms with Crippen molar-refractivity contribution in [3.63, 3.8) is 0 Å². The number of hydrogen-bond donors (Lipinski definition) is 1. The maximum atomic E-state index is 11.5. The molecular weight excluding hydrogens is 220 g/mol. The highest BCUT2D eigenvalue weighted by Gasteiger charge is 2.32. The molecule has 80 valence electrons. The molecular formula is C10H15ClO2S. The van der Waals surface area contributed by atoms with Gasteiger partial charge in [-0.3, -0.25) is 4.79 Å². The Balaban J connectivity index is 2.00. The van der Waals surface area contributed by atoms with Crippen LogP contribution in [-0.2, 0) is 9.53 Å². The predicted molar refractivity (Wildman–Crippen MR) is 61.5 cm³/mol. The Morgan fingerprint density at radius 2 is 2.43 bits per heavy atom. The Labute approximate surface area is 92.0 Å². The molecule has 0 aliphatic carbocycles. The Kier molecular flexibility index (Phi) is 3.20. The molecule has 2 rings (SSSR count). The van der Waals surface area contributed by atoms with Crippen molar-refractivity contribution >= 4 is 28.3 Å². The van der Waals surface area contributed by atoms with Gasteiger partial charge in [-0.2, -0.15) is 0 Å². The average Bonchev–Trinajstić information content (AvgIpc) is 2.37. The molecule has 2 aliphatic heterocycles. The van der Waals surface area contributed by atoms with Gasteiger partial charge in [-0.25, -0.2) is 10.9 Å². The predicted octanol–water partition coefficient (Wildman–Crippen LogP) is 1.87. The molecule has 2 nitrogen and oxygen atoms in total. The lowest BCUT2D eigenvalue weighted by Gasteiger charge is -2.33. The third-order valence-corrected chi connectivity index (χ3v) is 6.38. The van der Waals surface area contributed by atoms with Crippen LogP contribution in [-0.4, -0.2) is 35.4 Å². The van der Waals surface area contributed by atoms with Crippen LogP contribution in [0.1, 0.15) is 13.3 Å². The van der Waals surface area contributed by atoms with Gasteiger partial charge in [0.05, 0.1) is 17.2 Å². The van der Waals surface area contributed by atoms with E-state index in [1.165, 1.54) is 0 Å². The van der Waals surface area contributed by atoms with E-state index in [1.807, 2.05) is 6.92 Å². The standard InChI is InChI=1S/C10H15ClO2S/c1-7-10(12)4-9(5-11)14(7)6-8-2-3-13-8/h4,7-8,14H,2-3,5-6H2,1H3. The molecule has 14 heavy (non-hydrogen) atoms. The van der Waals surface area contributed by atoms with Crippen LogP contribution in [0.15, 0.2) is 11.0 Å². The van der Waals surface area contributed by atoms with Crippen LogP contribution in [0.3, 0.4) is 0 Å². The molecule has 2 aliphatic rings. The van der Waals surface area contributed by atoms with Crippen molar-refractivity contribution in [1.29, 1.82) is 0 Å². The summed E-state index contributed by atoms with van der Waals surface area (Å²) < 4.78 is 5.40. The smallest absolute Gasteiger partial charge is 0.167 e. The topological polar surface area (TPSA) is 26.3 Å². The lowest BCUT2D eigenvalue weighted by molar-refractivity contribution is -0.113. The van der Waals surface area contributed by atoms with Crippen molar-refractivity contribution in [2.45, 2.75) is 24.7 Å². The van der Waals surface area contributed by atoms with E-state index in [0.717, 1.165) is 23.7 Å². The lowest BCUT2D eigenvalue weighted by Crippen LogP contribution is -2.31. The van der Waals surface area contributed by atoms with Gasteiger partial charge in [-0.15, -0.1) is 11.6 Å². The number of hydrogen-bond acceptors (Lipinski definition) is 2. The fourth-order valence-electron chi connectivity index (χ4n) is 1.81. The minimum Gasteiger partial charge on any atom is -0.377 e. The van der Waals surface area contributed by atoms with Gasteiger partial charge in [0.2, 0.25) is 0 Å². The fourth-order valence-corrected chi connectivity index (χ4v) is 4.95. The number of rotatable bonds is 3. The Morgan fingerprint density at radius 3 is 2.93 bits per heavy atom. The highest BCUT2D eigenvalue weighted by atomic mass is 35.5. The van der Waals surface area contributed by atoms with Crippen LogP contribution in [0.4, 0.5) is 0 Å². The minimum atomic E-state index is -0.349. The second kappa shape index (κ2) is 4.25. The summed E-state index contributed by atoms with van der Waals surface area (Å²) in [5, 5.41) is 0.169. The first-order valence-electron chi connectivity index (χ1n) is 4.91. The molecule has 3 unspecified atom stereocenters. The number of allylic oxidation sites excluding steroid dienone is 2. The molecule has 1 fully saturated rings. The third-order valence-electron chi connectivity index (χ3n) is 2.89. The van der Waals surface area contributed by atoms with Crippen LogP contribution >= 0.6 is 22.5 Å². The van der Waals surface area contributed by atoms with Gasteiger partial charge in [-0.1, -0.05) is 0 Å². The van der Waals surface area contributed by atoms with Crippen molar-refractivity contribution in [3.8, 4) is 0 Å². The molecule has 0 amide bonds. The van der Waals surface area contributed by atoms with Gasteiger partial charge in [0, 0.05) is 12.4 Å². The third kappa shape index (κ3) is 1.86. The maximum absolute atomic E-state index is 11.5. The molecule has 0 saturated carbocycles. The number of carbonyl (C=O) groups excluding carboxylic acids is 1. The van der Waals surface area contributed by atoms with Gasteiger partial charge in [0.25, 0.3) is 0 Å². The van der Waals surface area contributed by atoms with E-state index in [2.05, 4.69) is 0 Å². The lowest BCUT2D eigenvalue weighted by atomic mass is 10.2. The van der Waals surface area contributed by atoms with Crippen LogP contribution < -0.4 is 0 Å². The summed E-state index contributed by atoms with van der Waals surface area (Å²) >= 11 is 5.83. The largest absolute Gasteiger partial charge is 0.377 e. The summed E-state index contributed by atoms with van der Waals surface area (Å²) in [5.74, 6) is 1.79. The molecule has 0 aromatic heterocycles. The Morgan fingerprint density at radius 1 is 1.71 bits per heavy atom. The van der Waals surface area contributed by atoms with E-state index < -0.39 is 0 Å². The van der Waals surface area contributed by atoms with Gasteiger partial charge in [0.1, 0.15) is 0 Å². The molecule has 0 spiro atoms. The molecule has 3 atom stereocenters. The average molecular weight is 235 g/mol. The molecule has 0 aromatic carbocycles.